The van der Waals surface area contributed by atoms with Crippen LogP contribution in [0.25, 0.3) is 0 Å². The zero-order valence-corrected chi connectivity index (χ0v) is 16.6. The molecule has 3 nitrogen and oxygen atoms in total. The molecule has 1 heterocycles. The van der Waals surface area contributed by atoms with E-state index in [1.165, 1.54) is 77.0 Å². The molecule has 0 saturated carbocycles. The Balaban J connectivity index is 2.33. The molecular weight excluding hydrogens is 300 g/mol. The Kier molecular flexibility index (Phi) is 13.8. The van der Waals surface area contributed by atoms with E-state index in [9.17, 15) is 0 Å². The molecule has 0 aromatic heterocycles. The van der Waals surface area contributed by atoms with Crippen molar-refractivity contribution in [3.63, 3.8) is 0 Å². The van der Waals surface area contributed by atoms with E-state index in [0.717, 1.165) is 19.3 Å². The second-order valence-electron chi connectivity index (χ2n) is 7.24. The van der Waals surface area contributed by atoms with Crippen molar-refractivity contribution in [1.82, 2.24) is 0 Å². The third-order valence-electron chi connectivity index (χ3n) is 4.79. The predicted octanol–water partition coefficient (Wildman–Crippen LogP) is 6.94. The van der Waals surface area contributed by atoms with Crippen molar-refractivity contribution in [2.45, 2.75) is 136 Å². The smallest absolute Gasteiger partial charge is 0.163 e. The lowest BCUT2D eigenvalue weighted by atomic mass is 10.1. The first-order chi connectivity index (χ1) is 11.8. The van der Waals surface area contributed by atoms with Gasteiger partial charge in [0, 0.05) is 0 Å². The number of unbranched alkanes of at least 4 members (excludes halogenated alkanes) is 9. The Morgan fingerprint density at radius 3 is 0.958 bits per heavy atom. The van der Waals surface area contributed by atoms with Crippen molar-refractivity contribution in [3.8, 4) is 0 Å². The van der Waals surface area contributed by atoms with Crippen LogP contribution in [0.3, 0.4) is 0 Å². The average molecular weight is 343 g/mol. The Bertz CT molecular complexity index is 221. The molecule has 144 valence electrons. The minimum absolute atomic E-state index is 0.0528. The van der Waals surface area contributed by atoms with Crippen molar-refractivity contribution in [2.75, 3.05) is 0 Å². The van der Waals surface area contributed by atoms with Crippen LogP contribution in [0.1, 0.15) is 117 Å². The number of hydrogen-bond acceptors (Lipinski definition) is 3. The summed E-state index contributed by atoms with van der Waals surface area (Å²) >= 11 is 0. The van der Waals surface area contributed by atoms with Crippen molar-refractivity contribution in [3.05, 3.63) is 0 Å². The summed E-state index contributed by atoms with van der Waals surface area (Å²) < 4.78 is 18.2. The SMILES string of the molecule is CCCCCCC1OC(CCCCCC)OC(CCCCCC)O1. The highest BCUT2D eigenvalue weighted by Gasteiger charge is 2.29. The van der Waals surface area contributed by atoms with Gasteiger partial charge in [0.05, 0.1) is 0 Å². The van der Waals surface area contributed by atoms with Gasteiger partial charge < -0.3 is 14.2 Å². The average Bonchev–Trinajstić information content (AvgIpc) is 2.59. The van der Waals surface area contributed by atoms with Crippen LogP contribution in [0.5, 0.6) is 0 Å². The fourth-order valence-corrected chi connectivity index (χ4v) is 3.23. The fourth-order valence-electron chi connectivity index (χ4n) is 3.23. The van der Waals surface area contributed by atoms with E-state index in [0.29, 0.717) is 0 Å². The summed E-state index contributed by atoms with van der Waals surface area (Å²) in [6, 6.07) is 0. The van der Waals surface area contributed by atoms with Crippen molar-refractivity contribution in [2.24, 2.45) is 0 Å². The summed E-state index contributed by atoms with van der Waals surface area (Å²) in [6.07, 6.45) is 18.1. The summed E-state index contributed by atoms with van der Waals surface area (Å²) in [5, 5.41) is 0. The quantitative estimate of drug-likeness (QED) is 0.302. The van der Waals surface area contributed by atoms with E-state index in [1.54, 1.807) is 0 Å². The lowest BCUT2D eigenvalue weighted by Gasteiger charge is -2.36. The fraction of sp³-hybridized carbons (Fsp3) is 1.00. The molecule has 1 aliphatic rings. The summed E-state index contributed by atoms with van der Waals surface area (Å²) in [6.45, 7) is 6.75. The van der Waals surface area contributed by atoms with Crippen LogP contribution in [0.15, 0.2) is 0 Å². The molecular formula is C21H42O3. The van der Waals surface area contributed by atoms with Gasteiger partial charge in [0.25, 0.3) is 0 Å². The van der Waals surface area contributed by atoms with Crippen LogP contribution < -0.4 is 0 Å². The summed E-state index contributed by atoms with van der Waals surface area (Å²) in [7, 11) is 0. The van der Waals surface area contributed by atoms with Crippen LogP contribution in [-0.2, 0) is 14.2 Å². The zero-order valence-electron chi connectivity index (χ0n) is 16.6. The van der Waals surface area contributed by atoms with E-state index < -0.39 is 0 Å². The first-order valence-corrected chi connectivity index (χ1v) is 10.8. The first-order valence-electron chi connectivity index (χ1n) is 10.8. The molecule has 0 aromatic carbocycles. The molecule has 0 aliphatic carbocycles. The molecule has 0 unspecified atom stereocenters. The highest BCUT2D eigenvalue weighted by Crippen LogP contribution is 2.26. The van der Waals surface area contributed by atoms with E-state index in [1.807, 2.05) is 0 Å². The maximum Gasteiger partial charge on any atom is 0.163 e. The molecule has 1 aliphatic heterocycles. The van der Waals surface area contributed by atoms with Crippen molar-refractivity contribution in [1.29, 1.82) is 0 Å². The summed E-state index contributed by atoms with van der Waals surface area (Å²) in [4.78, 5) is 0. The maximum absolute atomic E-state index is 6.06. The number of hydrogen-bond donors (Lipinski definition) is 0. The van der Waals surface area contributed by atoms with Crippen LogP contribution >= 0.6 is 0 Å². The van der Waals surface area contributed by atoms with Gasteiger partial charge >= 0.3 is 0 Å². The van der Waals surface area contributed by atoms with Gasteiger partial charge in [-0.2, -0.15) is 0 Å². The second kappa shape index (κ2) is 15.2. The largest absolute Gasteiger partial charge is 0.324 e. The molecule has 0 aromatic rings. The van der Waals surface area contributed by atoms with Crippen LogP contribution in [0.4, 0.5) is 0 Å². The number of ether oxygens (including phenoxy) is 3. The third-order valence-corrected chi connectivity index (χ3v) is 4.79. The lowest BCUT2D eigenvalue weighted by Crippen LogP contribution is -2.40. The van der Waals surface area contributed by atoms with Crippen LogP contribution in [-0.4, -0.2) is 18.9 Å². The lowest BCUT2D eigenvalue weighted by molar-refractivity contribution is -0.386. The van der Waals surface area contributed by atoms with Gasteiger partial charge in [0.2, 0.25) is 0 Å². The first kappa shape index (κ1) is 21.9. The molecule has 24 heavy (non-hydrogen) atoms. The Morgan fingerprint density at radius 1 is 0.417 bits per heavy atom. The molecule has 0 spiro atoms. The van der Waals surface area contributed by atoms with Gasteiger partial charge in [-0.1, -0.05) is 78.6 Å². The standard InChI is InChI=1S/C21H42O3/c1-4-7-10-13-16-19-22-20(17-14-11-8-5-2)24-21(23-19)18-15-12-9-6-3/h19-21H,4-18H2,1-3H3. The Labute approximate surface area is 150 Å². The topological polar surface area (TPSA) is 27.7 Å². The molecule has 0 N–H and O–H groups in total. The molecule has 3 heteroatoms. The summed E-state index contributed by atoms with van der Waals surface area (Å²) in [5.41, 5.74) is 0. The predicted molar refractivity (Wildman–Crippen MR) is 101 cm³/mol. The second-order valence-corrected chi connectivity index (χ2v) is 7.24. The molecule has 0 radical (unpaired) electrons. The minimum atomic E-state index is -0.0528. The normalized spacial score (nSPS) is 24.4. The Hall–Kier alpha value is -0.120. The zero-order chi connectivity index (χ0) is 17.5. The van der Waals surface area contributed by atoms with Crippen molar-refractivity contribution >= 4 is 0 Å². The molecule has 0 atom stereocenters. The monoisotopic (exact) mass is 342 g/mol. The van der Waals surface area contributed by atoms with Crippen LogP contribution in [0, 0.1) is 0 Å². The van der Waals surface area contributed by atoms with Gasteiger partial charge in [-0.3, -0.25) is 0 Å². The molecule has 1 rings (SSSR count). The van der Waals surface area contributed by atoms with Gasteiger partial charge in [-0.15, -0.1) is 0 Å². The van der Waals surface area contributed by atoms with Gasteiger partial charge in [-0.05, 0) is 38.5 Å². The highest BCUT2D eigenvalue weighted by atomic mass is 16.9. The van der Waals surface area contributed by atoms with E-state index in [4.69, 9.17) is 14.2 Å². The third kappa shape index (κ3) is 10.7. The molecule has 0 bridgehead atoms. The van der Waals surface area contributed by atoms with Crippen molar-refractivity contribution < 1.29 is 14.2 Å². The van der Waals surface area contributed by atoms with Crippen LogP contribution in [0.2, 0.25) is 0 Å². The van der Waals surface area contributed by atoms with E-state index >= 15 is 0 Å². The van der Waals surface area contributed by atoms with E-state index in [-0.39, 0.29) is 18.9 Å². The molecule has 1 fully saturated rings. The minimum Gasteiger partial charge on any atom is -0.324 e. The van der Waals surface area contributed by atoms with Gasteiger partial charge in [0.1, 0.15) is 0 Å². The molecule has 1 saturated heterocycles. The van der Waals surface area contributed by atoms with Gasteiger partial charge in [0.15, 0.2) is 18.9 Å². The summed E-state index contributed by atoms with van der Waals surface area (Å²) in [5.74, 6) is 0. The Morgan fingerprint density at radius 2 is 0.708 bits per heavy atom. The highest BCUT2D eigenvalue weighted by molar-refractivity contribution is 4.61. The molecule has 0 amide bonds. The number of rotatable bonds is 15. The maximum atomic E-state index is 6.06. The van der Waals surface area contributed by atoms with E-state index in [2.05, 4.69) is 20.8 Å². The van der Waals surface area contributed by atoms with Gasteiger partial charge in [-0.25, -0.2) is 0 Å².